The van der Waals surface area contributed by atoms with Gasteiger partial charge in [-0.05, 0) is 17.7 Å². The second-order valence-electron chi connectivity index (χ2n) is 4.82. The van der Waals surface area contributed by atoms with E-state index in [4.69, 9.17) is 17.3 Å². The molecule has 3 N–H and O–H groups in total. The minimum atomic E-state index is -3.59. The number of nitrogens with two attached hydrogens (primary N) is 1. The van der Waals surface area contributed by atoms with Crippen molar-refractivity contribution in [2.75, 3.05) is 37.7 Å². The van der Waals surface area contributed by atoms with Crippen LogP contribution in [0.1, 0.15) is 5.56 Å². The molecule has 1 aliphatic heterocycles. The van der Waals surface area contributed by atoms with E-state index in [-0.39, 0.29) is 16.5 Å². The maximum atomic E-state index is 12.3. The smallest absolute Gasteiger partial charge is 0.242 e. The van der Waals surface area contributed by atoms with Gasteiger partial charge in [0.15, 0.2) is 0 Å². The number of nitrogens with zero attached hydrogens (tertiary/aromatic N) is 1. The zero-order chi connectivity index (χ0) is 15.3. The highest BCUT2D eigenvalue weighted by atomic mass is 35.5. The highest BCUT2D eigenvalue weighted by Crippen LogP contribution is 2.22. The Labute approximate surface area is 135 Å². The van der Waals surface area contributed by atoms with Gasteiger partial charge in [0.05, 0.1) is 5.02 Å². The quantitative estimate of drug-likeness (QED) is 0.805. The van der Waals surface area contributed by atoms with Gasteiger partial charge in [-0.15, -0.1) is 0 Å². The number of sulfonamides is 1. The van der Waals surface area contributed by atoms with Crippen LogP contribution in [-0.4, -0.2) is 51.0 Å². The maximum absolute atomic E-state index is 12.3. The molecular formula is C13H20ClN3O2S2. The third-order valence-electron chi connectivity index (χ3n) is 3.34. The first-order chi connectivity index (χ1) is 10.0. The monoisotopic (exact) mass is 349 g/mol. The van der Waals surface area contributed by atoms with Gasteiger partial charge in [-0.3, -0.25) is 0 Å². The summed E-state index contributed by atoms with van der Waals surface area (Å²) in [6, 6.07) is 4.83. The number of halogens is 1. The third-order valence-corrected chi connectivity index (χ3v) is 6.23. The first-order valence-corrected chi connectivity index (χ1v) is 9.83. The van der Waals surface area contributed by atoms with Crippen molar-refractivity contribution in [1.82, 2.24) is 9.62 Å². The van der Waals surface area contributed by atoms with Crippen molar-refractivity contribution in [3.63, 3.8) is 0 Å². The third kappa shape index (κ3) is 4.84. The number of rotatable bonds is 6. The lowest BCUT2D eigenvalue weighted by Crippen LogP contribution is -2.39. The highest BCUT2D eigenvalue weighted by Gasteiger charge is 2.19. The zero-order valence-corrected chi connectivity index (χ0v) is 14.1. The fourth-order valence-electron chi connectivity index (χ4n) is 2.12. The van der Waals surface area contributed by atoms with Gasteiger partial charge in [0.2, 0.25) is 10.0 Å². The Kier molecular flexibility index (Phi) is 6.34. The molecule has 0 unspecified atom stereocenters. The topological polar surface area (TPSA) is 75.4 Å². The Balaban J connectivity index is 1.97. The van der Waals surface area contributed by atoms with Crippen LogP contribution in [-0.2, 0) is 16.6 Å². The van der Waals surface area contributed by atoms with Gasteiger partial charge < -0.3 is 10.6 Å². The largest absolute Gasteiger partial charge is 0.326 e. The molecule has 2 rings (SSSR count). The maximum Gasteiger partial charge on any atom is 0.242 e. The number of hydrogen-bond acceptors (Lipinski definition) is 5. The van der Waals surface area contributed by atoms with E-state index in [0.717, 1.165) is 30.2 Å². The van der Waals surface area contributed by atoms with Crippen LogP contribution in [0.25, 0.3) is 0 Å². The van der Waals surface area contributed by atoms with E-state index in [9.17, 15) is 8.42 Å². The van der Waals surface area contributed by atoms with E-state index in [1.165, 1.54) is 6.07 Å². The molecule has 5 nitrogen and oxygen atoms in total. The Morgan fingerprint density at radius 1 is 1.33 bits per heavy atom. The minimum absolute atomic E-state index is 0.0984. The van der Waals surface area contributed by atoms with E-state index in [1.807, 2.05) is 11.8 Å². The lowest BCUT2D eigenvalue weighted by molar-refractivity contribution is 0.307. The Morgan fingerprint density at radius 2 is 2.05 bits per heavy atom. The minimum Gasteiger partial charge on any atom is -0.326 e. The normalized spacial score (nSPS) is 17.0. The van der Waals surface area contributed by atoms with Crippen LogP contribution in [0, 0.1) is 0 Å². The fourth-order valence-corrected chi connectivity index (χ4v) is 4.67. The van der Waals surface area contributed by atoms with Crippen molar-refractivity contribution < 1.29 is 8.42 Å². The van der Waals surface area contributed by atoms with Crippen molar-refractivity contribution >= 4 is 33.4 Å². The number of hydrogen-bond donors (Lipinski definition) is 2. The van der Waals surface area contributed by atoms with Gasteiger partial charge in [-0.2, -0.15) is 11.8 Å². The molecule has 1 aromatic carbocycles. The van der Waals surface area contributed by atoms with E-state index in [0.29, 0.717) is 13.1 Å². The van der Waals surface area contributed by atoms with Gasteiger partial charge in [-0.25, -0.2) is 13.1 Å². The summed E-state index contributed by atoms with van der Waals surface area (Å²) in [7, 11) is -3.59. The standard InChI is InChI=1S/C13H20ClN3O2S2/c14-12-2-1-11(10-15)9-13(12)21(18,19)16-3-4-17-5-7-20-8-6-17/h1-2,9,16H,3-8,10,15H2. The van der Waals surface area contributed by atoms with E-state index < -0.39 is 10.0 Å². The molecule has 0 spiro atoms. The molecule has 0 amide bonds. The summed E-state index contributed by atoms with van der Waals surface area (Å²) in [6.45, 7) is 3.40. The van der Waals surface area contributed by atoms with Crippen molar-refractivity contribution in [2.24, 2.45) is 5.73 Å². The predicted molar refractivity (Wildman–Crippen MR) is 88.3 cm³/mol. The van der Waals surface area contributed by atoms with Crippen LogP contribution in [0.5, 0.6) is 0 Å². The fraction of sp³-hybridized carbons (Fsp3) is 0.538. The van der Waals surface area contributed by atoms with Gasteiger partial charge in [0.25, 0.3) is 0 Å². The first-order valence-electron chi connectivity index (χ1n) is 6.81. The predicted octanol–water partition coefficient (Wildman–Crippen LogP) is 1.13. The first kappa shape index (κ1) is 17.1. The summed E-state index contributed by atoms with van der Waals surface area (Å²) in [5.74, 6) is 2.22. The molecule has 0 aromatic heterocycles. The molecule has 1 fully saturated rings. The van der Waals surface area contributed by atoms with Gasteiger partial charge in [0, 0.05) is 44.2 Å². The average molecular weight is 350 g/mol. The lowest BCUT2D eigenvalue weighted by Gasteiger charge is -2.26. The summed E-state index contributed by atoms with van der Waals surface area (Å²) in [6.07, 6.45) is 0. The van der Waals surface area contributed by atoms with Gasteiger partial charge in [-0.1, -0.05) is 17.7 Å². The second kappa shape index (κ2) is 7.80. The average Bonchev–Trinajstić information content (AvgIpc) is 2.48. The van der Waals surface area contributed by atoms with E-state index in [2.05, 4.69) is 9.62 Å². The van der Waals surface area contributed by atoms with E-state index >= 15 is 0 Å². The zero-order valence-electron chi connectivity index (χ0n) is 11.7. The molecule has 0 radical (unpaired) electrons. The molecule has 1 aromatic rings. The van der Waals surface area contributed by atoms with Crippen LogP contribution in [0.4, 0.5) is 0 Å². The van der Waals surface area contributed by atoms with Crippen molar-refractivity contribution in [2.45, 2.75) is 11.4 Å². The van der Waals surface area contributed by atoms with Crippen LogP contribution in [0.15, 0.2) is 23.1 Å². The molecule has 8 heteroatoms. The summed E-state index contributed by atoms with van der Waals surface area (Å²) in [5, 5.41) is 0.217. The molecule has 21 heavy (non-hydrogen) atoms. The Morgan fingerprint density at radius 3 is 2.71 bits per heavy atom. The molecule has 0 aliphatic carbocycles. The molecule has 0 bridgehead atoms. The van der Waals surface area contributed by atoms with Crippen molar-refractivity contribution in [1.29, 1.82) is 0 Å². The molecule has 1 heterocycles. The van der Waals surface area contributed by atoms with Crippen molar-refractivity contribution in [3.05, 3.63) is 28.8 Å². The number of nitrogens with one attached hydrogen (secondary N) is 1. The molecule has 0 saturated carbocycles. The highest BCUT2D eigenvalue weighted by molar-refractivity contribution is 7.99. The molecular weight excluding hydrogens is 330 g/mol. The van der Waals surface area contributed by atoms with E-state index in [1.54, 1.807) is 12.1 Å². The van der Waals surface area contributed by atoms with Crippen LogP contribution in [0.2, 0.25) is 5.02 Å². The van der Waals surface area contributed by atoms with Crippen LogP contribution < -0.4 is 10.5 Å². The summed E-state index contributed by atoms with van der Waals surface area (Å²) >= 11 is 7.92. The number of benzene rings is 1. The summed E-state index contributed by atoms with van der Waals surface area (Å²) in [5.41, 5.74) is 6.29. The molecule has 1 aliphatic rings. The summed E-state index contributed by atoms with van der Waals surface area (Å²) in [4.78, 5) is 2.36. The number of thioether (sulfide) groups is 1. The van der Waals surface area contributed by atoms with Crippen LogP contribution in [0.3, 0.4) is 0 Å². The SMILES string of the molecule is NCc1ccc(Cl)c(S(=O)(=O)NCCN2CCSCC2)c1. The molecule has 1 saturated heterocycles. The van der Waals surface area contributed by atoms with Crippen molar-refractivity contribution in [3.8, 4) is 0 Å². The Hall–Kier alpha value is -0.310. The lowest BCUT2D eigenvalue weighted by atomic mass is 10.2. The van der Waals surface area contributed by atoms with Crippen LogP contribution >= 0.6 is 23.4 Å². The second-order valence-corrected chi connectivity index (χ2v) is 8.19. The van der Waals surface area contributed by atoms with Gasteiger partial charge >= 0.3 is 0 Å². The van der Waals surface area contributed by atoms with Gasteiger partial charge in [0.1, 0.15) is 4.90 Å². The molecule has 118 valence electrons. The summed E-state index contributed by atoms with van der Waals surface area (Å²) < 4.78 is 27.2. The Bertz CT molecular complexity index is 575. The molecule has 0 atom stereocenters.